The van der Waals surface area contributed by atoms with E-state index in [2.05, 4.69) is 0 Å². The van der Waals surface area contributed by atoms with Crippen LogP contribution in [-0.4, -0.2) is 34.6 Å². The lowest BCUT2D eigenvalue weighted by Crippen LogP contribution is -2.10. The number of aliphatic hydroxyl groups excluding tert-OH is 3. The molecular weight excluding hydrogens is 300 g/mol. The van der Waals surface area contributed by atoms with E-state index in [4.69, 9.17) is 10.2 Å². The predicted octanol–water partition coefficient (Wildman–Crippen LogP) is 5.35. The molecule has 0 fully saturated rings. The second-order valence-electron chi connectivity index (χ2n) is 7.36. The smallest absolute Gasteiger partial charge is 0.0770 e. The van der Waals surface area contributed by atoms with E-state index in [-0.39, 0.29) is 6.61 Å². The highest BCUT2D eigenvalue weighted by Gasteiger charge is 2.00. The molecule has 0 aromatic rings. The van der Waals surface area contributed by atoms with Crippen LogP contribution >= 0.6 is 0 Å². The Morgan fingerprint density at radius 2 is 0.708 bits per heavy atom. The summed E-state index contributed by atoms with van der Waals surface area (Å²) in [6.45, 7) is 0.263. The highest BCUT2D eigenvalue weighted by Crippen LogP contribution is 2.14. The van der Waals surface area contributed by atoms with Crippen LogP contribution in [0.5, 0.6) is 0 Å². The summed E-state index contributed by atoms with van der Waals surface area (Å²) in [5.41, 5.74) is 0. The Kier molecular flexibility index (Phi) is 20.8. The summed E-state index contributed by atoms with van der Waals surface area (Å²) in [4.78, 5) is 0. The van der Waals surface area contributed by atoms with Gasteiger partial charge in [-0.3, -0.25) is 0 Å². The molecule has 0 aliphatic carbocycles. The first-order chi connectivity index (χ1) is 11.8. The van der Waals surface area contributed by atoms with E-state index in [9.17, 15) is 5.11 Å². The number of unbranched alkanes of at least 4 members (excludes halogenated alkanes) is 16. The van der Waals surface area contributed by atoms with Crippen molar-refractivity contribution in [3.63, 3.8) is 0 Å². The van der Waals surface area contributed by atoms with Crippen molar-refractivity contribution in [1.29, 1.82) is 0 Å². The number of aliphatic hydroxyl groups is 3. The minimum absolute atomic E-state index is 0.0926. The maximum atomic E-state index is 9.23. The van der Waals surface area contributed by atoms with Gasteiger partial charge in [-0.2, -0.15) is 0 Å². The van der Waals surface area contributed by atoms with E-state index in [1.807, 2.05) is 0 Å². The summed E-state index contributed by atoms with van der Waals surface area (Å²) < 4.78 is 0. The Bertz CT molecular complexity index is 221. The van der Waals surface area contributed by atoms with E-state index in [0.717, 1.165) is 19.3 Å². The van der Waals surface area contributed by atoms with E-state index < -0.39 is 6.10 Å². The van der Waals surface area contributed by atoms with Crippen molar-refractivity contribution in [2.45, 2.75) is 122 Å². The molecule has 3 N–H and O–H groups in total. The third-order valence-corrected chi connectivity index (χ3v) is 4.91. The van der Waals surface area contributed by atoms with Crippen LogP contribution in [0.3, 0.4) is 0 Å². The summed E-state index contributed by atoms with van der Waals surface area (Å²) in [7, 11) is 0. The fourth-order valence-corrected chi connectivity index (χ4v) is 3.23. The molecule has 0 aromatic heterocycles. The predicted molar refractivity (Wildman–Crippen MR) is 103 cm³/mol. The van der Waals surface area contributed by atoms with Crippen LogP contribution in [0.4, 0.5) is 0 Å². The molecule has 0 saturated heterocycles. The first-order valence-electron chi connectivity index (χ1n) is 10.7. The van der Waals surface area contributed by atoms with Gasteiger partial charge in [0, 0.05) is 6.61 Å². The molecule has 0 radical (unpaired) electrons. The van der Waals surface area contributed by atoms with Crippen LogP contribution in [-0.2, 0) is 0 Å². The minimum atomic E-state index is -0.503. The van der Waals surface area contributed by atoms with Gasteiger partial charge in [-0.05, 0) is 12.8 Å². The van der Waals surface area contributed by atoms with E-state index >= 15 is 0 Å². The van der Waals surface area contributed by atoms with Gasteiger partial charge >= 0.3 is 0 Å². The summed E-state index contributed by atoms with van der Waals surface area (Å²) in [5, 5.41) is 26.7. The summed E-state index contributed by atoms with van der Waals surface area (Å²) in [6, 6.07) is 0. The second-order valence-corrected chi connectivity index (χ2v) is 7.36. The first kappa shape index (κ1) is 23.9. The molecule has 0 aliphatic heterocycles. The first-order valence-corrected chi connectivity index (χ1v) is 10.7. The molecule has 0 heterocycles. The standard InChI is InChI=1S/C21H44O3/c22-19-17-15-13-11-9-7-5-3-1-2-4-6-8-10-12-14-16-18-21(24)20-23/h21-24H,1-20H2. The van der Waals surface area contributed by atoms with Gasteiger partial charge in [0.05, 0.1) is 12.7 Å². The Morgan fingerprint density at radius 3 is 1.00 bits per heavy atom. The van der Waals surface area contributed by atoms with Crippen molar-refractivity contribution < 1.29 is 15.3 Å². The molecule has 1 atom stereocenters. The topological polar surface area (TPSA) is 60.7 Å². The van der Waals surface area contributed by atoms with Gasteiger partial charge in [0.2, 0.25) is 0 Å². The van der Waals surface area contributed by atoms with Gasteiger partial charge in [0.1, 0.15) is 0 Å². The number of hydrogen-bond acceptors (Lipinski definition) is 3. The summed E-state index contributed by atoms with van der Waals surface area (Å²) >= 11 is 0. The highest BCUT2D eigenvalue weighted by molar-refractivity contribution is 4.54. The van der Waals surface area contributed by atoms with Crippen LogP contribution < -0.4 is 0 Å². The second kappa shape index (κ2) is 20.9. The average molecular weight is 345 g/mol. The molecule has 0 amide bonds. The Labute approximate surface area is 150 Å². The van der Waals surface area contributed by atoms with Crippen molar-refractivity contribution in [3.8, 4) is 0 Å². The maximum Gasteiger partial charge on any atom is 0.0770 e. The molecule has 3 nitrogen and oxygen atoms in total. The molecule has 3 heteroatoms. The fourth-order valence-electron chi connectivity index (χ4n) is 3.23. The molecule has 146 valence electrons. The van der Waals surface area contributed by atoms with Crippen LogP contribution in [0.2, 0.25) is 0 Å². The summed E-state index contributed by atoms with van der Waals surface area (Å²) in [6.07, 6.45) is 22.4. The van der Waals surface area contributed by atoms with Crippen molar-refractivity contribution >= 4 is 0 Å². The fraction of sp³-hybridized carbons (Fsp3) is 1.00. The third-order valence-electron chi connectivity index (χ3n) is 4.91. The lowest BCUT2D eigenvalue weighted by atomic mass is 10.0. The van der Waals surface area contributed by atoms with Gasteiger partial charge in [-0.1, -0.05) is 103 Å². The highest BCUT2D eigenvalue weighted by atomic mass is 16.3. The Morgan fingerprint density at radius 1 is 0.417 bits per heavy atom. The van der Waals surface area contributed by atoms with Crippen LogP contribution in [0, 0.1) is 0 Å². The Balaban J connectivity index is 2.98. The van der Waals surface area contributed by atoms with Crippen molar-refractivity contribution in [2.75, 3.05) is 13.2 Å². The lowest BCUT2D eigenvalue weighted by Gasteiger charge is -2.06. The zero-order chi connectivity index (χ0) is 17.7. The number of hydrogen-bond donors (Lipinski definition) is 3. The van der Waals surface area contributed by atoms with Crippen molar-refractivity contribution in [3.05, 3.63) is 0 Å². The van der Waals surface area contributed by atoms with E-state index in [1.54, 1.807) is 0 Å². The number of rotatable bonds is 20. The Hall–Kier alpha value is -0.120. The van der Waals surface area contributed by atoms with Gasteiger partial charge in [-0.25, -0.2) is 0 Å². The van der Waals surface area contributed by atoms with Gasteiger partial charge in [0.15, 0.2) is 0 Å². The van der Waals surface area contributed by atoms with Crippen LogP contribution in [0.25, 0.3) is 0 Å². The zero-order valence-electron chi connectivity index (χ0n) is 16.1. The SMILES string of the molecule is OCCCCCCCCCCCCCCCCCCCC(O)CO. The molecular formula is C21H44O3. The zero-order valence-corrected chi connectivity index (χ0v) is 16.1. The van der Waals surface area contributed by atoms with Crippen molar-refractivity contribution in [2.24, 2.45) is 0 Å². The monoisotopic (exact) mass is 344 g/mol. The van der Waals surface area contributed by atoms with E-state index in [1.165, 1.54) is 96.3 Å². The summed E-state index contributed by atoms with van der Waals surface area (Å²) in [5.74, 6) is 0. The van der Waals surface area contributed by atoms with Crippen LogP contribution in [0.15, 0.2) is 0 Å². The van der Waals surface area contributed by atoms with E-state index in [0.29, 0.717) is 6.61 Å². The maximum absolute atomic E-state index is 9.23. The van der Waals surface area contributed by atoms with Gasteiger partial charge < -0.3 is 15.3 Å². The normalized spacial score (nSPS) is 12.6. The third kappa shape index (κ3) is 19.9. The van der Waals surface area contributed by atoms with Gasteiger partial charge in [-0.15, -0.1) is 0 Å². The molecule has 0 spiro atoms. The van der Waals surface area contributed by atoms with Gasteiger partial charge in [0.25, 0.3) is 0 Å². The average Bonchev–Trinajstić information content (AvgIpc) is 2.60. The molecule has 0 bridgehead atoms. The molecule has 1 unspecified atom stereocenters. The largest absolute Gasteiger partial charge is 0.396 e. The van der Waals surface area contributed by atoms with Crippen LogP contribution in [0.1, 0.15) is 116 Å². The minimum Gasteiger partial charge on any atom is -0.396 e. The lowest BCUT2D eigenvalue weighted by molar-refractivity contribution is 0.0860. The molecule has 24 heavy (non-hydrogen) atoms. The quantitative estimate of drug-likeness (QED) is 0.261. The van der Waals surface area contributed by atoms with Crippen molar-refractivity contribution in [1.82, 2.24) is 0 Å². The molecule has 0 rings (SSSR count). The molecule has 0 aliphatic rings. The molecule has 0 aromatic carbocycles. The molecule has 0 saturated carbocycles.